The molecule has 1 rings (SSSR count). The van der Waals surface area contributed by atoms with Gasteiger partial charge in [0, 0.05) is 2.74 Å². The van der Waals surface area contributed by atoms with Gasteiger partial charge in [0.1, 0.15) is 13.9 Å². The van der Waals surface area contributed by atoms with Crippen LogP contribution in [-0.2, 0) is 9.59 Å². The summed E-state index contributed by atoms with van der Waals surface area (Å²) in [5.41, 5.74) is 5.31. The van der Waals surface area contributed by atoms with Gasteiger partial charge in [-0.05, 0) is 31.7 Å². The average Bonchev–Trinajstić information content (AvgIpc) is 2.93. The number of nitrogens with one attached hydrogen (secondary N) is 1. The number of nitrogens with two attached hydrogens (primary N) is 1. The Morgan fingerprint density at radius 2 is 1.90 bits per heavy atom. The SMILES string of the molecule is C.C.C.CC(C)C[C@@H](N)C=O.O=C[C@@H]1CCCN1.[3H]C#C.[3H]C[3H]. The van der Waals surface area contributed by atoms with E-state index < -0.39 is 0 Å². The van der Waals surface area contributed by atoms with Gasteiger partial charge >= 0.3 is 0 Å². The highest BCUT2D eigenvalue weighted by Gasteiger charge is 2.10. The molecule has 0 unspecified atom stereocenters. The molecule has 0 saturated carbocycles. The predicted octanol–water partition coefficient (Wildman–Crippen LogP) is 3.29. The first-order valence-electron chi connectivity index (χ1n) is 7.70. The van der Waals surface area contributed by atoms with Crippen molar-refractivity contribution in [2.45, 2.75) is 74.9 Å². The van der Waals surface area contributed by atoms with Crippen molar-refractivity contribution in [3.63, 3.8) is 0 Å². The largest absolute Gasteiger partial charge is 0.322 e. The van der Waals surface area contributed by atoms with Crippen LogP contribution in [0.15, 0.2) is 0 Å². The maximum absolute atomic E-state index is 9.94. The van der Waals surface area contributed by atoms with E-state index in [0.29, 0.717) is 5.92 Å². The van der Waals surface area contributed by atoms with Crippen molar-refractivity contribution in [2.75, 3.05) is 6.54 Å². The van der Waals surface area contributed by atoms with Crippen molar-refractivity contribution >= 4 is 12.6 Å². The van der Waals surface area contributed by atoms with E-state index in [1.54, 1.807) is 0 Å². The lowest BCUT2D eigenvalue weighted by molar-refractivity contribution is -0.109. The number of hydrogen-bond donors (Lipinski definition) is 2. The topological polar surface area (TPSA) is 72.2 Å². The monoisotopic (exact) mass is 310 g/mol. The normalized spacial score (nSPS) is 16.9. The highest BCUT2D eigenvalue weighted by Crippen LogP contribution is 2.00. The molecule has 1 fully saturated rings. The molecule has 0 radical (unpaired) electrons. The van der Waals surface area contributed by atoms with Gasteiger partial charge in [-0.1, -0.05) is 43.5 Å². The van der Waals surface area contributed by atoms with Crippen molar-refractivity contribution in [3.05, 3.63) is 0 Å². The van der Waals surface area contributed by atoms with Gasteiger partial charge in [0.2, 0.25) is 0 Å². The molecule has 0 bridgehead atoms. The zero-order valence-corrected chi connectivity index (χ0v) is 11.4. The van der Waals surface area contributed by atoms with E-state index in [0.717, 1.165) is 38.4 Å². The van der Waals surface area contributed by atoms with Crippen molar-refractivity contribution in [2.24, 2.45) is 11.7 Å². The molecule has 4 nitrogen and oxygen atoms in total. The van der Waals surface area contributed by atoms with Gasteiger partial charge in [-0.25, -0.2) is 0 Å². The number of hydrogen-bond acceptors (Lipinski definition) is 4. The summed E-state index contributed by atoms with van der Waals surface area (Å²) >= 11 is 0. The number of terminal acetylenes is 1. The van der Waals surface area contributed by atoms with Crippen molar-refractivity contribution in [1.29, 1.82) is 0 Å². The second kappa shape index (κ2) is 27.2. The predicted molar refractivity (Wildman–Crippen MR) is 97.4 cm³/mol. The van der Waals surface area contributed by atoms with Gasteiger partial charge in [-0.15, -0.1) is 12.8 Å². The number of aldehydes is 2. The van der Waals surface area contributed by atoms with Gasteiger partial charge in [0.25, 0.3) is 0 Å². The van der Waals surface area contributed by atoms with Crippen molar-refractivity contribution in [1.82, 2.24) is 5.32 Å². The average molecular weight is 311 g/mol. The first kappa shape index (κ1) is 24.8. The van der Waals surface area contributed by atoms with Gasteiger partial charge in [0.05, 0.1) is 12.1 Å². The van der Waals surface area contributed by atoms with Gasteiger partial charge < -0.3 is 20.6 Å². The summed E-state index contributed by atoms with van der Waals surface area (Å²) in [5, 5.41) is 3.04. The third kappa shape index (κ3) is 27.9. The van der Waals surface area contributed by atoms with Gasteiger partial charge in [-0.3, -0.25) is 0 Å². The number of carbonyl (C=O) groups excluding carboxylic acids is 2. The molecule has 2 atom stereocenters. The zero-order chi connectivity index (χ0) is 17.1. The quantitative estimate of drug-likeness (QED) is 0.617. The molecular formula is C17H40N2O2. The van der Waals surface area contributed by atoms with E-state index in [-0.39, 0.29) is 41.7 Å². The van der Waals surface area contributed by atoms with Crippen LogP contribution < -0.4 is 11.1 Å². The lowest BCUT2D eigenvalue weighted by atomic mass is 10.1. The fourth-order valence-electron chi connectivity index (χ4n) is 1.43. The number of carbonyl (C=O) groups is 2. The third-order valence-corrected chi connectivity index (χ3v) is 2.18. The fraction of sp³-hybridized carbons (Fsp3) is 0.765. The Bertz CT molecular complexity index is 267. The van der Waals surface area contributed by atoms with Crippen molar-refractivity contribution < 1.29 is 13.7 Å². The molecule has 130 valence electrons. The minimum atomic E-state index is -0.255. The standard InChI is InChI=1S/C6H13NO.C5H9NO.C2H2.4CH4/c1-5(2)3-6(7)4-8;7-4-5-2-1-3-6-5;1-2;;;;/h4-6H,3,7H2,1-2H3;4-6H,1-3H2;1-2H;4*1H4/t6-;5-;;;;;/m10...../s1/i;;1T;1T2;;;. The lowest BCUT2D eigenvalue weighted by Gasteiger charge is -2.04. The van der Waals surface area contributed by atoms with Crippen LogP contribution in [0.3, 0.4) is 0 Å². The molecular weight excluding hydrogens is 264 g/mol. The summed E-state index contributed by atoms with van der Waals surface area (Å²) in [4.78, 5) is 19.9. The first-order chi connectivity index (χ1) is 9.92. The lowest BCUT2D eigenvalue weighted by Crippen LogP contribution is -2.23. The Morgan fingerprint density at radius 1 is 1.43 bits per heavy atom. The van der Waals surface area contributed by atoms with E-state index in [1.165, 1.54) is 6.40 Å². The second-order valence-electron chi connectivity index (χ2n) is 4.27. The molecule has 0 aromatic carbocycles. The Hall–Kier alpha value is -1.18. The second-order valence-corrected chi connectivity index (χ2v) is 4.27. The summed E-state index contributed by atoms with van der Waals surface area (Å²) in [5.74, 6) is 0.523. The molecule has 1 aliphatic heterocycles. The summed E-state index contributed by atoms with van der Waals surface area (Å²) < 4.78 is 17.5. The highest BCUT2D eigenvalue weighted by atomic mass is 16.1. The smallest absolute Gasteiger partial charge is 0.136 e. The maximum atomic E-state index is 9.94. The third-order valence-electron chi connectivity index (χ3n) is 2.18. The molecule has 1 aliphatic rings. The molecule has 0 amide bonds. The molecule has 1 heterocycles. The van der Waals surface area contributed by atoms with E-state index in [2.05, 4.69) is 11.7 Å². The van der Waals surface area contributed by atoms with Crippen LogP contribution in [0.5, 0.6) is 0 Å². The van der Waals surface area contributed by atoms with Crippen LogP contribution in [-0.4, -0.2) is 31.2 Å². The Morgan fingerprint density at radius 3 is 2.05 bits per heavy atom. The summed E-state index contributed by atoms with van der Waals surface area (Å²) in [6.45, 7) is 5.11. The molecule has 0 spiro atoms. The van der Waals surface area contributed by atoms with E-state index in [1.807, 2.05) is 13.8 Å². The van der Waals surface area contributed by atoms with Gasteiger partial charge in [0.15, 0.2) is 0 Å². The molecule has 0 aromatic heterocycles. The highest BCUT2D eigenvalue weighted by molar-refractivity contribution is 5.57. The zero-order valence-electron chi connectivity index (χ0n) is 14.4. The Balaban J connectivity index is -0.0000000468. The minimum absolute atomic E-state index is 0. The van der Waals surface area contributed by atoms with Crippen LogP contribution in [0.25, 0.3) is 0 Å². The van der Waals surface area contributed by atoms with Crippen LogP contribution >= 0.6 is 0 Å². The van der Waals surface area contributed by atoms with Gasteiger partial charge in [-0.2, -0.15) is 0 Å². The summed E-state index contributed by atoms with van der Waals surface area (Å²) in [6, 6.07) is -0.0880. The van der Waals surface area contributed by atoms with E-state index in [9.17, 15) is 9.59 Å². The summed E-state index contributed by atoms with van der Waals surface area (Å²) in [7, 11) is -0.250. The van der Waals surface area contributed by atoms with Crippen molar-refractivity contribution in [3.8, 4) is 12.8 Å². The van der Waals surface area contributed by atoms with E-state index in [4.69, 9.17) is 9.85 Å². The molecule has 4 heteroatoms. The Kier molecular flexibility index (Phi) is 32.2. The number of rotatable bonds is 4. The summed E-state index contributed by atoms with van der Waals surface area (Å²) in [6.07, 6.45) is 10.5. The fourth-order valence-corrected chi connectivity index (χ4v) is 1.43. The first-order valence-corrected chi connectivity index (χ1v) is 5.78. The Labute approximate surface area is 138 Å². The molecule has 1 saturated heterocycles. The molecule has 0 aliphatic carbocycles. The minimum Gasteiger partial charge on any atom is -0.322 e. The van der Waals surface area contributed by atoms with Crippen LogP contribution in [0.4, 0.5) is 0 Å². The molecule has 0 aromatic rings. The molecule has 3 N–H and O–H groups in total. The van der Waals surface area contributed by atoms with E-state index >= 15 is 0 Å². The van der Waals surface area contributed by atoms with Crippen LogP contribution in [0, 0.1) is 18.7 Å². The van der Waals surface area contributed by atoms with Crippen LogP contribution in [0.2, 0.25) is 0 Å². The molecule has 21 heavy (non-hydrogen) atoms. The maximum Gasteiger partial charge on any atom is 0.136 e. The van der Waals surface area contributed by atoms with Crippen LogP contribution in [0.1, 0.15) is 66.9 Å².